The summed E-state index contributed by atoms with van der Waals surface area (Å²) in [6.07, 6.45) is 0. The van der Waals surface area contributed by atoms with Crippen LogP contribution in [0, 0.1) is 6.92 Å². The summed E-state index contributed by atoms with van der Waals surface area (Å²) in [4.78, 5) is 35.6. The molecular formula is C12H17N5O7S2. The van der Waals surface area contributed by atoms with Crippen molar-refractivity contribution in [1.82, 2.24) is 25.2 Å². The van der Waals surface area contributed by atoms with Gasteiger partial charge < -0.3 is 15.6 Å². The lowest BCUT2D eigenvalue weighted by Crippen LogP contribution is -2.40. The smallest absolute Gasteiger partial charge is 0.360 e. The van der Waals surface area contributed by atoms with Gasteiger partial charge in [0.25, 0.3) is 10.0 Å². The number of amides is 1. The Bertz CT molecular complexity index is 1000. The molecule has 0 saturated heterocycles. The van der Waals surface area contributed by atoms with Crippen LogP contribution in [0.25, 0.3) is 0 Å². The molecule has 0 atom stereocenters. The largest absolute Gasteiger partial charge is 0.467 e. The first-order valence-electron chi connectivity index (χ1n) is 6.57. The number of carbonyl (C=O) groups excluding carboxylic acids is 2. The molecule has 2 heterocycles. The van der Waals surface area contributed by atoms with Gasteiger partial charge in [0.05, 0.1) is 19.8 Å². The first-order valence-corrected chi connectivity index (χ1v) is 8.94. The zero-order valence-electron chi connectivity index (χ0n) is 14.3. The van der Waals surface area contributed by atoms with Gasteiger partial charge in [-0.25, -0.2) is 32.1 Å². The molecular weight excluding hydrogens is 390 g/mol. The molecule has 144 valence electrons. The number of esters is 1. The molecule has 0 aliphatic carbocycles. The third kappa shape index (κ3) is 3.61. The van der Waals surface area contributed by atoms with Gasteiger partial charge in [0.2, 0.25) is 0 Å². The highest BCUT2D eigenvalue weighted by Gasteiger charge is 2.30. The Hall–Kier alpha value is -2.71. The number of thiophene rings is 1. The highest BCUT2D eigenvalue weighted by atomic mass is 32.2. The Kier molecular flexibility index (Phi) is 6.29. The van der Waals surface area contributed by atoms with Crippen LogP contribution in [0.15, 0.2) is 15.1 Å². The second-order valence-electron chi connectivity index (χ2n) is 4.68. The second kappa shape index (κ2) is 7.67. The molecule has 1 amide bonds. The number of hydrogen-bond donors (Lipinski definition) is 2. The van der Waals surface area contributed by atoms with Crippen molar-refractivity contribution >= 4 is 33.4 Å². The maximum Gasteiger partial charge on any atom is 0.360 e. The van der Waals surface area contributed by atoms with E-state index in [2.05, 4.69) is 9.84 Å². The van der Waals surface area contributed by atoms with Crippen molar-refractivity contribution in [2.45, 2.75) is 11.8 Å². The van der Waals surface area contributed by atoms with E-state index in [0.717, 1.165) is 23.0 Å². The van der Waals surface area contributed by atoms with E-state index in [1.807, 2.05) is 0 Å². The van der Waals surface area contributed by atoms with Gasteiger partial charge in [0, 0.05) is 17.3 Å². The number of aromatic nitrogens is 3. The third-order valence-electron chi connectivity index (χ3n) is 3.13. The second-order valence-corrected chi connectivity index (χ2v) is 7.38. The molecule has 0 saturated carbocycles. The summed E-state index contributed by atoms with van der Waals surface area (Å²) in [5.41, 5.74) is -1.11. The fourth-order valence-corrected chi connectivity index (χ4v) is 4.47. The molecule has 0 bridgehead atoms. The molecule has 0 aliphatic heterocycles. The maximum atomic E-state index is 12.5. The van der Waals surface area contributed by atoms with Crippen LogP contribution in [0.5, 0.6) is 6.01 Å². The molecule has 2 rings (SSSR count). The third-order valence-corrected chi connectivity index (χ3v) is 5.68. The van der Waals surface area contributed by atoms with E-state index in [0.29, 0.717) is 4.68 Å². The molecule has 0 radical (unpaired) electrons. The van der Waals surface area contributed by atoms with Gasteiger partial charge in [-0.15, -0.1) is 21.1 Å². The SMILES string of the molecule is COC(=O)c1csc(C)c1S(=O)(=O)NC(=O)n1nc(OC)n(C)c1=O.N. The predicted octanol–water partition coefficient (Wildman–Crippen LogP) is -0.144. The van der Waals surface area contributed by atoms with Gasteiger partial charge in [-0.2, -0.15) is 0 Å². The molecule has 0 spiro atoms. The van der Waals surface area contributed by atoms with Crippen LogP contribution in [0.3, 0.4) is 0 Å². The lowest BCUT2D eigenvalue weighted by atomic mass is 10.3. The number of aryl methyl sites for hydroxylation is 1. The number of ether oxygens (including phenoxy) is 2. The fourth-order valence-electron chi connectivity index (χ4n) is 1.97. The average Bonchev–Trinajstić information content (AvgIpc) is 3.08. The van der Waals surface area contributed by atoms with E-state index in [1.54, 1.807) is 4.72 Å². The van der Waals surface area contributed by atoms with E-state index in [1.165, 1.54) is 26.5 Å². The number of nitrogens with one attached hydrogen (secondary N) is 1. The summed E-state index contributed by atoms with van der Waals surface area (Å²) < 4.78 is 37.2. The highest BCUT2D eigenvalue weighted by molar-refractivity contribution is 7.90. The van der Waals surface area contributed by atoms with Crippen molar-refractivity contribution < 1.29 is 27.5 Å². The minimum Gasteiger partial charge on any atom is -0.467 e. The summed E-state index contributed by atoms with van der Waals surface area (Å²) in [5, 5.41) is 4.87. The number of rotatable bonds is 4. The number of nitrogens with zero attached hydrogens (tertiary/aromatic N) is 3. The monoisotopic (exact) mass is 407 g/mol. The molecule has 2 aromatic heterocycles. The quantitative estimate of drug-likeness (QED) is 0.653. The van der Waals surface area contributed by atoms with Crippen LogP contribution in [0.2, 0.25) is 0 Å². The van der Waals surface area contributed by atoms with E-state index in [4.69, 9.17) is 4.74 Å². The summed E-state index contributed by atoms with van der Waals surface area (Å²) in [5.74, 6) is -0.867. The Morgan fingerprint density at radius 3 is 2.42 bits per heavy atom. The van der Waals surface area contributed by atoms with Crippen LogP contribution in [-0.4, -0.2) is 49.0 Å². The lowest BCUT2D eigenvalue weighted by molar-refractivity contribution is 0.0597. The fraction of sp³-hybridized carbons (Fsp3) is 0.333. The molecule has 0 fully saturated rings. The Balaban J connectivity index is 0.00000338. The summed E-state index contributed by atoms with van der Waals surface area (Å²) >= 11 is 0.998. The normalized spacial score (nSPS) is 10.8. The van der Waals surface area contributed by atoms with Crippen LogP contribution in [0.4, 0.5) is 4.79 Å². The van der Waals surface area contributed by atoms with Crippen molar-refractivity contribution in [2.24, 2.45) is 7.05 Å². The molecule has 4 N–H and O–H groups in total. The van der Waals surface area contributed by atoms with Gasteiger partial charge in [0.15, 0.2) is 0 Å². The first kappa shape index (κ1) is 21.3. The van der Waals surface area contributed by atoms with Crippen molar-refractivity contribution in [2.75, 3.05) is 14.2 Å². The summed E-state index contributed by atoms with van der Waals surface area (Å²) in [6, 6.07) is -1.50. The Labute approximate surface area is 152 Å². The molecule has 0 aliphatic rings. The first-order chi connectivity index (χ1) is 11.6. The minimum absolute atomic E-state index is 0. The zero-order chi connectivity index (χ0) is 18.9. The van der Waals surface area contributed by atoms with Gasteiger partial charge in [-0.05, 0) is 6.92 Å². The van der Waals surface area contributed by atoms with Gasteiger partial charge in [-0.1, -0.05) is 0 Å². The number of methoxy groups -OCH3 is 2. The summed E-state index contributed by atoms with van der Waals surface area (Å²) in [6.45, 7) is 1.46. The minimum atomic E-state index is -4.45. The number of sulfonamides is 1. The molecule has 0 unspecified atom stereocenters. The van der Waals surface area contributed by atoms with Crippen LogP contribution < -0.4 is 21.3 Å². The molecule has 12 nitrogen and oxygen atoms in total. The predicted molar refractivity (Wildman–Crippen MR) is 90.6 cm³/mol. The van der Waals surface area contributed by atoms with Crippen molar-refractivity contribution in [3.05, 3.63) is 26.3 Å². The van der Waals surface area contributed by atoms with Crippen LogP contribution >= 0.6 is 11.3 Å². The van der Waals surface area contributed by atoms with Crippen molar-refractivity contribution in [3.63, 3.8) is 0 Å². The Morgan fingerprint density at radius 1 is 1.31 bits per heavy atom. The standard InChI is InChI=1S/C12H14N4O7S2.H3N/c1-6-8(7(5-24-6)9(17)22-3)25(20,21)14-10(18)16-12(19)15(2)11(13-16)23-4;/h5H,1-4H3,(H,14,18);1H3. The maximum absolute atomic E-state index is 12.5. The van der Waals surface area contributed by atoms with Gasteiger partial charge >= 0.3 is 23.7 Å². The molecule has 26 heavy (non-hydrogen) atoms. The van der Waals surface area contributed by atoms with E-state index in [9.17, 15) is 22.8 Å². The van der Waals surface area contributed by atoms with Gasteiger partial charge in [-0.3, -0.25) is 0 Å². The highest BCUT2D eigenvalue weighted by Crippen LogP contribution is 2.27. The summed E-state index contributed by atoms with van der Waals surface area (Å²) in [7, 11) is -0.816. The van der Waals surface area contributed by atoms with Crippen LogP contribution in [-0.2, 0) is 21.8 Å². The molecule has 2 aromatic rings. The zero-order valence-corrected chi connectivity index (χ0v) is 15.9. The molecule has 14 heteroatoms. The van der Waals surface area contributed by atoms with Crippen molar-refractivity contribution in [1.29, 1.82) is 0 Å². The number of carbonyl (C=O) groups is 2. The lowest BCUT2D eigenvalue weighted by Gasteiger charge is -2.07. The van der Waals surface area contributed by atoms with E-state index < -0.39 is 32.6 Å². The van der Waals surface area contributed by atoms with E-state index in [-0.39, 0.29) is 22.6 Å². The molecule has 0 aromatic carbocycles. The average molecular weight is 407 g/mol. The Morgan fingerprint density at radius 2 is 1.92 bits per heavy atom. The van der Waals surface area contributed by atoms with Crippen LogP contribution in [0.1, 0.15) is 15.2 Å². The van der Waals surface area contributed by atoms with E-state index >= 15 is 0 Å². The topological polar surface area (TPSA) is 174 Å². The van der Waals surface area contributed by atoms with Crippen molar-refractivity contribution in [3.8, 4) is 6.01 Å². The van der Waals surface area contributed by atoms with Gasteiger partial charge in [0.1, 0.15) is 4.90 Å². The number of hydrogen-bond acceptors (Lipinski definition) is 10.